The molecule has 0 unspecified atom stereocenters. The Morgan fingerprint density at radius 3 is 2.62 bits per heavy atom. The molecule has 26 heavy (non-hydrogen) atoms. The van der Waals surface area contributed by atoms with E-state index in [1.807, 2.05) is 6.92 Å². The number of carbonyl (C=O) groups is 1. The van der Waals surface area contributed by atoms with E-state index in [2.05, 4.69) is 4.98 Å². The number of hydrogen-bond donors (Lipinski definition) is 1. The fourth-order valence-electron chi connectivity index (χ4n) is 2.65. The molecule has 5 nitrogen and oxygen atoms in total. The molecule has 0 aliphatic carbocycles. The van der Waals surface area contributed by atoms with Crippen LogP contribution in [0.2, 0.25) is 5.02 Å². The topological polar surface area (TPSA) is 72.2 Å². The monoisotopic (exact) mass is 372 g/mol. The van der Waals surface area contributed by atoms with Crippen LogP contribution in [-0.2, 0) is 11.2 Å². The van der Waals surface area contributed by atoms with E-state index in [1.54, 1.807) is 24.3 Å². The molecule has 0 aliphatic rings. The molecule has 0 fully saturated rings. The van der Waals surface area contributed by atoms with E-state index in [-0.39, 0.29) is 22.0 Å². The van der Waals surface area contributed by atoms with Crippen molar-refractivity contribution in [2.75, 3.05) is 0 Å². The number of hydrogen-bond acceptors (Lipinski definition) is 3. The lowest BCUT2D eigenvalue weighted by Gasteiger charge is -2.13. The number of carboxylic acid groups (broad SMARTS) is 1. The summed E-state index contributed by atoms with van der Waals surface area (Å²) >= 11 is 5.91. The third-order valence-electron chi connectivity index (χ3n) is 3.86. The number of halogens is 2. The zero-order valence-electron chi connectivity index (χ0n) is 13.7. The van der Waals surface area contributed by atoms with E-state index in [1.165, 1.54) is 10.6 Å². The van der Waals surface area contributed by atoms with Gasteiger partial charge in [-0.05, 0) is 36.4 Å². The number of aliphatic carboxylic acids is 1. The smallest absolute Gasteiger partial charge is 0.328 e. The molecule has 2 aromatic carbocycles. The fourth-order valence-corrected chi connectivity index (χ4v) is 2.78. The highest BCUT2D eigenvalue weighted by Crippen LogP contribution is 2.20. The summed E-state index contributed by atoms with van der Waals surface area (Å²) in [4.78, 5) is 28.1. The van der Waals surface area contributed by atoms with Crippen molar-refractivity contribution in [1.29, 1.82) is 0 Å². The number of benzene rings is 2. The van der Waals surface area contributed by atoms with Crippen LogP contribution in [-0.4, -0.2) is 20.6 Å². The van der Waals surface area contributed by atoms with E-state index >= 15 is 0 Å². The maximum atomic E-state index is 14.2. The quantitative estimate of drug-likeness (QED) is 0.706. The first-order chi connectivity index (χ1) is 12.4. The Hall–Kier alpha value is -2.99. The predicted molar refractivity (Wildman–Crippen MR) is 98.4 cm³/mol. The molecule has 0 radical (unpaired) electrons. The Bertz CT molecular complexity index is 1090. The Morgan fingerprint density at radius 2 is 2.00 bits per heavy atom. The third-order valence-corrected chi connectivity index (χ3v) is 4.11. The number of aromatic nitrogens is 2. The van der Waals surface area contributed by atoms with Crippen LogP contribution < -0.4 is 5.56 Å². The van der Waals surface area contributed by atoms with Gasteiger partial charge in [0.15, 0.2) is 0 Å². The van der Waals surface area contributed by atoms with Crippen molar-refractivity contribution in [2.45, 2.75) is 13.3 Å². The van der Waals surface area contributed by atoms with E-state index in [0.29, 0.717) is 23.0 Å². The van der Waals surface area contributed by atoms with Crippen molar-refractivity contribution < 1.29 is 14.3 Å². The largest absolute Gasteiger partial charge is 0.478 e. The van der Waals surface area contributed by atoms with E-state index in [4.69, 9.17) is 16.7 Å². The summed E-state index contributed by atoms with van der Waals surface area (Å²) < 4.78 is 15.6. The minimum atomic E-state index is -1.21. The lowest BCUT2D eigenvalue weighted by atomic mass is 10.1. The highest BCUT2D eigenvalue weighted by molar-refractivity contribution is 6.30. The van der Waals surface area contributed by atoms with Crippen LogP contribution in [0, 0.1) is 5.82 Å². The number of fused-ring (bicyclic) bond motifs is 1. The maximum absolute atomic E-state index is 14.2. The number of nitrogens with zero attached hydrogens (tertiary/aromatic N) is 2. The highest BCUT2D eigenvalue weighted by Gasteiger charge is 2.14. The Balaban J connectivity index is 2.30. The van der Waals surface area contributed by atoms with Gasteiger partial charge in [-0.2, -0.15) is 0 Å². The molecule has 3 rings (SSSR count). The molecule has 1 N–H and O–H groups in total. The predicted octanol–water partition coefficient (Wildman–Crippen LogP) is 3.84. The van der Waals surface area contributed by atoms with Crippen LogP contribution in [0.3, 0.4) is 0 Å². The SMILES string of the molecule is CCc1nc2cc(F)c(C=CC(=O)O)cc2c(=O)n1-c1ccc(Cl)cc1. The van der Waals surface area contributed by atoms with Crippen LogP contribution >= 0.6 is 11.6 Å². The molecule has 7 heteroatoms. The summed E-state index contributed by atoms with van der Waals surface area (Å²) in [5.41, 5.74) is 0.462. The molecule has 0 saturated carbocycles. The van der Waals surface area contributed by atoms with Gasteiger partial charge in [0.05, 0.1) is 16.6 Å². The lowest BCUT2D eigenvalue weighted by Crippen LogP contribution is -2.23. The average molecular weight is 373 g/mol. The van der Waals surface area contributed by atoms with Crippen LogP contribution in [0.1, 0.15) is 18.3 Å². The van der Waals surface area contributed by atoms with Gasteiger partial charge < -0.3 is 5.11 Å². The third kappa shape index (κ3) is 3.36. The second-order valence-corrected chi connectivity index (χ2v) is 6.00. The van der Waals surface area contributed by atoms with E-state index in [0.717, 1.165) is 18.2 Å². The zero-order valence-corrected chi connectivity index (χ0v) is 14.5. The number of aryl methyl sites for hydroxylation is 1. The van der Waals surface area contributed by atoms with Crippen molar-refractivity contribution in [3.8, 4) is 5.69 Å². The van der Waals surface area contributed by atoms with Crippen molar-refractivity contribution in [2.24, 2.45) is 0 Å². The minimum absolute atomic E-state index is 0.00528. The van der Waals surface area contributed by atoms with Gasteiger partial charge in [-0.3, -0.25) is 9.36 Å². The number of carboxylic acids is 1. The summed E-state index contributed by atoms with van der Waals surface area (Å²) in [7, 11) is 0. The molecule has 0 atom stereocenters. The molecular formula is C19H14ClFN2O3. The molecule has 132 valence electrons. The second-order valence-electron chi connectivity index (χ2n) is 5.56. The van der Waals surface area contributed by atoms with Crippen molar-refractivity contribution in [3.63, 3.8) is 0 Å². The molecule has 0 amide bonds. The molecule has 0 spiro atoms. The molecule has 1 aromatic heterocycles. The van der Waals surface area contributed by atoms with Gasteiger partial charge in [-0.1, -0.05) is 18.5 Å². The Morgan fingerprint density at radius 1 is 1.31 bits per heavy atom. The highest BCUT2D eigenvalue weighted by atomic mass is 35.5. The van der Waals surface area contributed by atoms with Crippen LogP contribution in [0.25, 0.3) is 22.7 Å². The van der Waals surface area contributed by atoms with Crippen LogP contribution in [0.5, 0.6) is 0 Å². The van der Waals surface area contributed by atoms with Gasteiger partial charge in [-0.25, -0.2) is 14.2 Å². The van der Waals surface area contributed by atoms with Gasteiger partial charge in [0.25, 0.3) is 5.56 Å². The van der Waals surface area contributed by atoms with Gasteiger partial charge in [-0.15, -0.1) is 0 Å². The molecule has 0 saturated heterocycles. The molecule has 0 aliphatic heterocycles. The fraction of sp³-hybridized carbons (Fsp3) is 0.105. The standard InChI is InChI=1S/C19H14ClFN2O3/c1-2-17-22-16-10-15(21)11(3-8-18(24)25)9-14(16)19(26)23(17)13-6-4-12(20)5-7-13/h3-10H,2H2,1H3,(H,24,25). The lowest BCUT2D eigenvalue weighted by molar-refractivity contribution is -0.131. The van der Waals surface area contributed by atoms with Crippen molar-refractivity contribution in [1.82, 2.24) is 9.55 Å². The molecule has 3 aromatic rings. The first-order valence-corrected chi connectivity index (χ1v) is 8.20. The first-order valence-electron chi connectivity index (χ1n) is 7.83. The molecule has 0 bridgehead atoms. The number of rotatable bonds is 4. The average Bonchev–Trinajstić information content (AvgIpc) is 2.61. The summed E-state index contributed by atoms with van der Waals surface area (Å²) in [6, 6.07) is 9.18. The Labute approximate surface area is 153 Å². The van der Waals surface area contributed by atoms with Gasteiger partial charge >= 0.3 is 5.97 Å². The molecular weight excluding hydrogens is 359 g/mol. The van der Waals surface area contributed by atoms with Crippen molar-refractivity contribution >= 4 is 34.5 Å². The summed E-state index contributed by atoms with van der Waals surface area (Å²) in [5, 5.41) is 9.46. The van der Waals surface area contributed by atoms with Gasteiger partial charge in [0.1, 0.15) is 11.6 Å². The summed E-state index contributed by atoms with van der Waals surface area (Å²) in [6.07, 6.45) is 2.39. The maximum Gasteiger partial charge on any atom is 0.328 e. The normalized spacial score (nSPS) is 11.3. The second kappa shape index (κ2) is 7.09. The first kappa shape index (κ1) is 17.8. The Kier molecular flexibility index (Phi) is 4.86. The zero-order chi connectivity index (χ0) is 18.8. The summed E-state index contributed by atoms with van der Waals surface area (Å²) in [5.74, 6) is -1.37. The van der Waals surface area contributed by atoms with Crippen molar-refractivity contribution in [3.05, 3.63) is 75.1 Å². The summed E-state index contributed by atoms with van der Waals surface area (Å²) in [6.45, 7) is 1.85. The van der Waals surface area contributed by atoms with E-state index < -0.39 is 11.8 Å². The van der Waals surface area contributed by atoms with Gasteiger partial charge in [0.2, 0.25) is 0 Å². The molecule has 1 heterocycles. The van der Waals surface area contributed by atoms with E-state index in [9.17, 15) is 14.0 Å². The van der Waals surface area contributed by atoms with Gasteiger partial charge in [0, 0.05) is 29.1 Å². The minimum Gasteiger partial charge on any atom is -0.478 e. The van der Waals surface area contributed by atoms with Crippen LogP contribution in [0.4, 0.5) is 4.39 Å². The van der Waals surface area contributed by atoms with Crippen LogP contribution in [0.15, 0.2) is 47.3 Å².